The number of carbonyl (C=O) groups excluding carboxylic acids is 2. The average Bonchev–Trinajstić information content (AvgIpc) is 3.19. The average molecular weight is 367 g/mol. The first-order chi connectivity index (χ1) is 12.6. The molecule has 0 saturated heterocycles. The Bertz CT molecular complexity index is 916. The Morgan fingerprint density at radius 3 is 2.52 bits per heavy atom. The van der Waals surface area contributed by atoms with Crippen LogP contribution in [0.3, 0.4) is 0 Å². The molecule has 0 aliphatic carbocycles. The molecule has 0 saturated carbocycles. The van der Waals surface area contributed by atoms with E-state index in [4.69, 9.17) is 4.42 Å². The minimum atomic E-state index is -0.737. The first-order valence-electron chi connectivity index (χ1n) is 8.99. The molecule has 2 aromatic rings. The Morgan fingerprint density at radius 1 is 1.22 bits per heavy atom. The number of aryl methyl sites for hydroxylation is 2. The topological polar surface area (TPSA) is 70.8 Å². The van der Waals surface area contributed by atoms with Gasteiger partial charge in [0.15, 0.2) is 11.5 Å². The van der Waals surface area contributed by atoms with Gasteiger partial charge in [-0.25, -0.2) is 0 Å². The van der Waals surface area contributed by atoms with Gasteiger partial charge in [0.05, 0.1) is 11.8 Å². The summed E-state index contributed by atoms with van der Waals surface area (Å²) in [6.07, 6.45) is 1.50. The predicted octanol–water partition coefficient (Wildman–Crippen LogP) is 4.41. The molecule has 1 aliphatic rings. The van der Waals surface area contributed by atoms with Crippen molar-refractivity contribution < 1.29 is 19.1 Å². The number of carbonyl (C=O) groups is 2. The SMILES string of the molecule is Cc1ccc(C)c(CN2C(=O)C(O)=C(C(=O)C(C)(C)C)C2c2ccco2)c1. The standard InChI is InChI=1S/C22H25NO4/c1-13-8-9-14(2)15(11-13)12-23-18(16-7-6-10-27-16)17(19(24)21(23)26)20(25)22(3,4)5/h6-11,18,24H,12H2,1-5H3. The second kappa shape index (κ2) is 6.72. The zero-order valence-corrected chi connectivity index (χ0v) is 16.4. The lowest BCUT2D eigenvalue weighted by Gasteiger charge is -2.27. The lowest BCUT2D eigenvalue weighted by atomic mass is 9.83. The smallest absolute Gasteiger partial charge is 0.290 e. The molecule has 0 radical (unpaired) electrons. The lowest BCUT2D eigenvalue weighted by Crippen LogP contribution is -2.32. The third kappa shape index (κ3) is 3.42. The van der Waals surface area contributed by atoms with Gasteiger partial charge in [-0.1, -0.05) is 44.5 Å². The Morgan fingerprint density at radius 2 is 1.93 bits per heavy atom. The Hall–Kier alpha value is -2.82. The summed E-state index contributed by atoms with van der Waals surface area (Å²) in [6.45, 7) is 9.56. The molecule has 1 unspecified atom stereocenters. The van der Waals surface area contributed by atoms with Gasteiger partial charge in [-0.15, -0.1) is 0 Å². The molecule has 5 heteroatoms. The highest BCUT2D eigenvalue weighted by molar-refractivity contribution is 6.10. The molecule has 27 heavy (non-hydrogen) atoms. The van der Waals surface area contributed by atoms with Crippen LogP contribution in [0, 0.1) is 19.3 Å². The van der Waals surface area contributed by atoms with Gasteiger partial charge < -0.3 is 14.4 Å². The summed E-state index contributed by atoms with van der Waals surface area (Å²) in [5.74, 6) is -0.838. The maximum absolute atomic E-state index is 13.0. The van der Waals surface area contributed by atoms with Crippen LogP contribution in [0.1, 0.15) is 49.3 Å². The molecule has 0 bridgehead atoms. The van der Waals surface area contributed by atoms with Crippen LogP contribution in [0.2, 0.25) is 0 Å². The molecule has 1 N–H and O–H groups in total. The van der Waals surface area contributed by atoms with Crippen LogP contribution in [-0.2, 0) is 16.1 Å². The van der Waals surface area contributed by atoms with Crippen LogP contribution in [0.5, 0.6) is 0 Å². The summed E-state index contributed by atoms with van der Waals surface area (Å²) in [6, 6.07) is 8.73. The van der Waals surface area contributed by atoms with Gasteiger partial charge in [0.2, 0.25) is 0 Å². The zero-order valence-electron chi connectivity index (χ0n) is 16.4. The quantitative estimate of drug-likeness (QED) is 0.869. The van der Waals surface area contributed by atoms with Gasteiger partial charge in [-0.2, -0.15) is 0 Å². The summed E-state index contributed by atoms with van der Waals surface area (Å²) in [5, 5.41) is 10.6. The monoisotopic (exact) mass is 367 g/mol. The Balaban J connectivity index is 2.08. The van der Waals surface area contributed by atoms with Gasteiger partial charge in [0.1, 0.15) is 11.8 Å². The number of ketones is 1. The summed E-state index contributed by atoms with van der Waals surface area (Å²) >= 11 is 0. The van der Waals surface area contributed by atoms with E-state index >= 15 is 0 Å². The summed E-state index contributed by atoms with van der Waals surface area (Å²) in [7, 11) is 0. The van der Waals surface area contributed by atoms with Crippen molar-refractivity contribution in [3.8, 4) is 0 Å². The molecule has 0 spiro atoms. The first kappa shape index (κ1) is 19.0. The number of nitrogens with zero attached hydrogens (tertiary/aromatic N) is 1. The maximum Gasteiger partial charge on any atom is 0.290 e. The minimum absolute atomic E-state index is 0.104. The van der Waals surface area contributed by atoms with E-state index in [1.807, 2.05) is 32.0 Å². The van der Waals surface area contributed by atoms with Crippen LogP contribution < -0.4 is 0 Å². The van der Waals surface area contributed by atoms with Gasteiger partial charge >= 0.3 is 0 Å². The van der Waals surface area contributed by atoms with Crippen molar-refractivity contribution in [1.82, 2.24) is 4.90 Å². The number of furan rings is 1. The van der Waals surface area contributed by atoms with Gasteiger partial charge in [-0.05, 0) is 37.1 Å². The van der Waals surface area contributed by atoms with Crippen molar-refractivity contribution >= 4 is 11.7 Å². The molecule has 2 heterocycles. The normalized spacial score (nSPS) is 17.7. The predicted molar refractivity (Wildman–Crippen MR) is 102 cm³/mol. The summed E-state index contributed by atoms with van der Waals surface area (Å²) < 4.78 is 5.54. The van der Waals surface area contributed by atoms with E-state index < -0.39 is 23.1 Å². The van der Waals surface area contributed by atoms with E-state index in [0.717, 1.165) is 16.7 Å². The highest BCUT2D eigenvalue weighted by Gasteiger charge is 2.47. The van der Waals surface area contributed by atoms with Crippen molar-refractivity contribution in [1.29, 1.82) is 0 Å². The molecular formula is C22H25NO4. The largest absolute Gasteiger partial charge is 0.503 e. The van der Waals surface area contributed by atoms with E-state index in [1.54, 1.807) is 32.9 Å². The van der Waals surface area contributed by atoms with Gasteiger partial charge in [0, 0.05) is 12.0 Å². The number of Topliss-reactive ketones (excluding diaryl/α,β-unsaturated/α-hetero) is 1. The number of aliphatic hydroxyl groups excluding tert-OH is 1. The molecule has 5 nitrogen and oxygen atoms in total. The molecule has 1 atom stereocenters. The van der Waals surface area contributed by atoms with Crippen LogP contribution in [0.15, 0.2) is 52.3 Å². The van der Waals surface area contributed by atoms with Crippen molar-refractivity contribution in [2.24, 2.45) is 5.41 Å². The molecule has 0 fully saturated rings. The van der Waals surface area contributed by atoms with Gasteiger partial charge in [0.25, 0.3) is 5.91 Å². The van der Waals surface area contributed by atoms with Crippen LogP contribution in [0.4, 0.5) is 0 Å². The fraction of sp³-hybridized carbons (Fsp3) is 0.364. The summed E-state index contributed by atoms with van der Waals surface area (Å²) in [5.41, 5.74) is 2.47. The van der Waals surface area contributed by atoms with Crippen LogP contribution >= 0.6 is 0 Å². The molecule has 1 aromatic heterocycles. The van der Waals surface area contributed by atoms with Crippen molar-refractivity contribution in [3.63, 3.8) is 0 Å². The van der Waals surface area contributed by atoms with E-state index in [2.05, 4.69) is 0 Å². The third-order valence-electron chi connectivity index (χ3n) is 4.89. The molecule has 1 aliphatic heterocycles. The van der Waals surface area contributed by atoms with E-state index in [-0.39, 0.29) is 17.9 Å². The van der Waals surface area contributed by atoms with Crippen LogP contribution in [-0.4, -0.2) is 21.7 Å². The molecule has 142 valence electrons. The van der Waals surface area contributed by atoms with Crippen molar-refractivity contribution in [2.75, 3.05) is 0 Å². The molecule has 3 rings (SSSR count). The molecule has 1 aromatic carbocycles. The second-order valence-electron chi connectivity index (χ2n) is 8.12. The number of benzene rings is 1. The fourth-order valence-electron chi connectivity index (χ4n) is 3.35. The Labute approximate surface area is 159 Å². The van der Waals surface area contributed by atoms with E-state index in [1.165, 1.54) is 11.2 Å². The number of rotatable bonds is 4. The van der Waals surface area contributed by atoms with E-state index in [0.29, 0.717) is 5.76 Å². The number of hydrogen-bond acceptors (Lipinski definition) is 4. The first-order valence-corrected chi connectivity index (χ1v) is 8.99. The number of aliphatic hydroxyl groups is 1. The van der Waals surface area contributed by atoms with Crippen molar-refractivity contribution in [2.45, 2.75) is 47.2 Å². The van der Waals surface area contributed by atoms with Crippen molar-refractivity contribution in [3.05, 3.63) is 70.4 Å². The van der Waals surface area contributed by atoms with E-state index in [9.17, 15) is 14.7 Å². The Kier molecular flexibility index (Phi) is 4.72. The highest BCUT2D eigenvalue weighted by atomic mass is 16.3. The fourth-order valence-corrected chi connectivity index (χ4v) is 3.35. The minimum Gasteiger partial charge on any atom is -0.503 e. The van der Waals surface area contributed by atoms with Gasteiger partial charge in [-0.3, -0.25) is 9.59 Å². The summed E-state index contributed by atoms with van der Waals surface area (Å²) in [4.78, 5) is 27.4. The zero-order chi connectivity index (χ0) is 19.9. The second-order valence-corrected chi connectivity index (χ2v) is 8.12. The third-order valence-corrected chi connectivity index (χ3v) is 4.89. The molecular weight excluding hydrogens is 342 g/mol. The number of hydrogen-bond donors (Lipinski definition) is 1. The highest BCUT2D eigenvalue weighted by Crippen LogP contribution is 2.42. The molecule has 1 amide bonds. The van der Waals surface area contributed by atoms with Crippen LogP contribution in [0.25, 0.3) is 0 Å². The number of amides is 1. The lowest BCUT2D eigenvalue weighted by molar-refractivity contribution is -0.130. The maximum atomic E-state index is 13.0.